The highest BCUT2D eigenvalue weighted by Crippen LogP contribution is 2.55. The monoisotopic (exact) mass is 580 g/mol. The van der Waals surface area contributed by atoms with Gasteiger partial charge in [-0.2, -0.15) is 10.2 Å². The molecule has 0 radical (unpaired) electrons. The number of rotatable bonds is 4. The Kier molecular flexibility index (Phi) is 6.20. The highest BCUT2D eigenvalue weighted by Gasteiger charge is 2.55. The number of hydrogen-bond donors (Lipinski definition) is 0. The Morgan fingerprint density at radius 3 is 2.18 bits per heavy atom. The van der Waals surface area contributed by atoms with Crippen LogP contribution in [0.2, 0.25) is 0 Å². The molecule has 1 spiro atoms. The number of para-hydroxylation sites is 1. The van der Waals surface area contributed by atoms with E-state index in [4.69, 9.17) is 10.2 Å². The normalized spacial score (nSPS) is 18.3. The Balaban J connectivity index is 1.68. The van der Waals surface area contributed by atoms with Crippen molar-refractivity contribution in [1.29, 1.82) is 0 Å². The third kappa shape index (κ3) is 3.97. The van der Waals surface area contributed by atoms with Gasteiger partial charge in [0.1, 0.15) is 0 Å². The Morgan fingerprint density at radius 2 is 1.45 bits per heavy atom. The number of carbonyl (C=O) groups is 1. The Bertz CT molecular complexity index is 1620. The number of halogens is 1. The quantitative estimate of drug-likeness (QED) is 0.249. The van der Waals surface area contributed by atoms with Crippen LogP contribution in [0.4, 0.5) is 11.4 Å². The summed E-state index contributed by atoms with van der Waals surface area (Å²) in [6.45, 7) is 5.79. The van der Waals surface area contributed by atoms with Crippen molar-refractivity contribution in [3.63, 3.8) is 0 Å². The van der Waals surface area contributed by atoms with Crippen molar-refractivity contribution in [2.75, 3.05) is 10.0 Å². The molecule has 2 aliphatic rings. The van der Waals surface area contributed by atoms with Crippen molar-refractivity contribution in [1.82, 2.24) is 0 Å². The first-order chi connectivity index (χ1) is 18.4. The van der Waals surface area contributed by atoms with E-state index in [2.05, 4.69) is 60.1 Å². The van der Waals surface area contributed by atoms with Gasteiger partial charge in [-0.3, -0.25) is 4.79 Å². The maximum atomic E-state index is 12.8. The maximum Gasteiger partial charge on any atom is 0.234 e. The lowest BCUT2D eigenvalue weighted by Crippen LogP contribution is -2.54. The molecule has 0 fully saturated rings. The van der Waals surface area contributed by atoms with Crippen molar-refractivity contribution in [3.05, 3.63) is 129 Å². The first-order valence-corrected chi connectivity index (χ1v) is 13.9. The van der Waals surface area contributed by atoms with Crippen LogP contribution in [0.25, 0.3) is 0 Å². The Hall–Kier alpha value is -3.68. The summed E-state index contributed by atoms with van der Waals surface area (Å²) in [4.78, 5) is 11.8. The average molecular weight is 582 g/mol. The summed E-state index contributed by atoms with van der Waals surface area (Å²) in [6, 6.07) is 32.9. The van der Waals surface area contributed by atoms with E-state index in [0.29, 0.717) is 5.04 Å². The molecule has 0 aromatic heterocycles. The molecule has 1 atom stereocenters. The molecule has 0 amide bonds. The summed E-state index contributed by atoms with van der Waals surface area (Å²) >= 11 is 4.98. The lowest BCUT2D eigenvalue weighted by atomic mass is 9.90. The molecule has 0 aliphatic carbocycles. The van der Waals surface area contributed by atoms with Crippen molar-refractivity contribution < 1.29 is 4.79 Å². The van der Waals surface area contributed by atoms with E-state index < -0.39 is 4.99 Å². The smallest absolute Gasteiger partial charge is 0.234 e. The molecule has 0 N–H and O–H groups in total. The second-order valence-corrected chi connectivity index (χ2v) is 11.5. The lowest BCUT2D eigenvalue weighted by Gasteiger charge is -2.47. The number of nitrogens with zero attached hydrogens (tertiary/aromatic N) is 4. The number of hydrogen-bond acceptors (Lipinski definition) is 6. The molecule has 0 bridgehead atoms. The standard InChI is InChI=1S/C31H25BrN4OS/c1-20-13-14-21(2)27(19-20)29-26-11-7-8-12-28(26)31(35(33-29)24-9-5-4-6-10-24)36(34-30(38-31)22(3)37)25-17-15-23(32)16-18-25/h4-19H,1-3H3/t31-/m0/s1. The summed E-state index contributed by atoms with van der Waals surface area (Å²) in [5.74, 6) is -0.0798. The van der Waals surface area contributed by atoms with Crippen LogP contribution in [0.5, 0.6) is 0 Å². The number of anilines is 2. The SMILES string of the molecule is CC(=O)C1=NN(c2ccc(Br)cc2)[C@]2(S1)c1ccccc1C(c1cc(C)ccc1C)=NN2c1ccccc1. The molecular weight excluding hydrogens is 556 g/mol. The molecular formula is C31H25BrN4OS. The summed E-state index contributed by atoms with van der Waals surface area (Å²) in [5.41, 5.74) is 8.09. The van der Waals surface area contributed by atoms with E-state index in [9.17, 15) is 4.79 Å². The third-order valence-electron chi connectivity index (χ3n) is 6.76. The number of carbonyl (C=O) groups excluding carboxylic acids is 1. The Morgan fingerprint density at radius 1 is 0.789 bits per heavy atom. The van der Waals surface area contributed by atoms with Crippen LogP contribution in [0.15, 0.2) is 112 Å². The van der Waals surface area contributed by atoms with Gasteiger partial charge in [-0.25, -0.2) is 10.0 Å². The van der Waals surface area contributed by atoms with Crippen LogP contribution >= 0.6 is 27.7 Å². The zero-order valence-corrected chi connectivity index (χ0v) is 23.6. The van der Waals surface area contributed by atoms with Gasteiger partial charge < -0.3 is 0 Å². The highest BCUT2D eigenvalue weighted by atomic mass is 79.9. The fourth-order valence-electron chi connectivity index (χ4n) is 4.92. The zero-order chi connectivity index (χ0) is 26.4. The largest absolute Gasteiger partial charge is 0.292 e. The molecule has 2 aliphatic heterocycles. The number of ketones is 1. The topological polar surface area (TPSA) is 48.3 Å². The van der Waals surface area contributed by atoms with Gasteiger partial charge in [0.25, 0.3) is 0 Å². The Labute approximate surface area is 235 Å². The third-order valence-corrected chi connectivity index (χ3v) is 8.70. The summed E-state index contributed by atoms with van der Waals surface area (Å²) < 4.78 is 0.970. The fourth-order valence-corrected chi connectivity index (χ4v) is 6.47. The minimum atomic E-state index is -0.950. The van der Waals surface area contributed by atoms with Crippen molar-refractivity contribution in [2.45, 2.75) is 25.8 Å². The van der Waals surface area contributed by atoms with Crippen LogP contribution in [0.1, 0.15) is 34.7 Å². The molecule has 2 heterocycles. The minimum absolute atomic E-state index is 0.0798. The van der Waals surface area contributed by atoms with E-state index in [1.807, 2.05) is 76.7 Å². The maximum absolute atomic E-state index is 12.8. The van der Waals surface area contributed by atoms with Crippen LogP contribution in [0, 0.1) is 13.8 Å². The van der Waals surface area contributed by atoms with Gasteiger partial charge in [0.2, 0.25) is 4.99 Å². The van der Waals surface area contributed by atoms with Crippen LogP contribution in [0.3, 0.4) is 0 Å². The zero-order valence-electron chi connectivity index (χ0n) is 21.2. The number of Topliss-reactive ketones (excluding diaryl/α,β-unsaturated/α-hetero) is 1. The molecule has 0 unspecified atom stereocenters. The summed E-state index contributed by atoms with van der Waals surface area (Å²) in [5, 5.41) is 14.7. The van der Waals surface area contributed by atoms with Crippen molar-refractivity contribution in [2.24, 2.45) is 10.2 Å². The minimum Gasteiger partial charge on any atom is -0.292 e. The van der Waals surface area contributed by atoms with Gasteiger partial charge in [-0.05, 0) is 73.6 Å². The number of hydrazone groups is 2. The van der Waals surface area contributed by atoms with Crippen LogP contribution in [-0.2, 0) is 9.79 Å². The molecule has 4 aromatic carbocycles. The van der Waals surface area contributed by atoms with Gasteiger partial charge in [-0.1, -0.05) is 76.1 Å². The first-order valence-electron chi connectivity index (χ1n) is 12.3. The number of benzene rings is 4. The second kappa shape index (κ2) is 9.57. The molecule has 7 heteroatoms. The average Bonchev–Trinajstić information content (AvgIpc) is 3.33. The van der Waals surface area contributed by atoms with E-state index in [1.54, 1.807) is 6.92 Å². The van der Waals surface area contributed by atoms with E-state index in [1.165, 1.54) is 17.3 Å². The molecule has 38 heavy (non-hydrogen) atoms. The van der Waals surface area contributed by atoms with Gasteiger partial charge in [-0.15, -0.1) is 0 Å². The summed E-state index contributed by atoms with van der Waals surface area (Å²) in [6.07, 6.45) is 0. The van der Waals surface area contributed by atoms with Crippen LogP contribution in [-0.4, -0.2) is 16.5 Å². The number of thioether (sulfide) groups is 1. The van der Waals surface area contributed by atoms with Gasteiger partial charge in [0.15, 0.2) is 10.8 Å². The van der Waals surface area contributed by atoms with Crippen molar-refractivity contribution in [3.8, 4) is 0 Å². The second-order valence-electron chi connectivity index (χ2n) is 9.42. The molecule has 5 nitrogen and oxygen atoms in total. The van der Waals surface area contributed by atoms with E-state index in [-0.39, 0.29) is 5.78 Å². The molecule has 4 aromatic rings. The predicted molar refractivity (Wildman–Crippen MR) is 161 cm³/mol. The highest BCUT2D eigenvalue weighted by molar-refractivity contribution is 9.10. The lowest BCUT2D eigenvalue weighted by molar-refractivity contribution is -0.110. The predicted octanol–water partition coefficient (Wildman–Crippen LogP) is 7.60. The van der Waals surface area contributed by atoms with Crippen LogP contribution < -0.4 is 10.0 Å². The summed E-state index contributed by atoms with van der Waals surface area (Å²) in [7, 11) is 0. The molecule has 0 saturated carbocycles. The molecule has 6 rings (SSSR count). The number of aryl methyl sites for hydroxylation is 2. The molecule has 188 valence electrons. The van der Waals surface area contributed by atoms with Gasteiger partial charge in [0, 0.05) is 28.1 Å². The van der Waals surface area contributed by atoms with Crippen molar-refractivity contribution >= 4 is 55.6 Å². The van der Waals surface area contributed by atoms with Gasteiger partial charge in [0.05, 0.1) is 17.1 Å². The van der Waals surface area contributed by atoms with E-state index >= 15 is 0 Å². The first kappa shape index (κ1) is 24.6. The fraction of sp³-hybridized carbons (Fsp3) is 0.129. The van der Waals surface area contributed by atoms with E-state index in [0.717, 1.165) is 43.8 Å². The number of fused-ring (bicyclic) bond motifs is 2. The van der Waals surface area contributed by atoms with Gasteiger partial charge >= 0.3 is 0 Å². The molecule has 0 saturated heterocycles.